The number of ether oxygens (including phenoxy) is 1. The summed E-state index contributed by atoms with van der Waals surface area (Å²) in [5.41, 5.74) is 9.12. The van der Waals surface area contributed by atoms with Crippen molar-refractivity contribution in [1.82, 2.24) is 0 Å². The third-order valence-corrected chi connectivity index (χ3v) is 5.54. The zero-order valence-electron chi connectivity index (χ0n) is 14.0. The Balaban J connectivity index is 1.99. The number of hydrogen-bond acceptors (Lipinski definition) is 5. The Morgan fingerprint density at radius 2 is 1.80 bits per heavy atom. The molecule has 0 saturated carbocycles. The minimum Gasteiger partial charge on any atom is -0.497 e. The van der Waals surface area contributed by atoms with Crippen molar-refractivity contribution in [2.75, 3.05) is 7.11 Å². The summed E-state index contributed by atoms with van der Waals surface area (Å²) in [5.74, 6) is 0.361. The minimum absolute atomic E-state index is 0.0148. The molecule has 4 nitrogen and oxygen atoms in total. The molecule has 1 aliphatic heterocycles. The molecular weight excluding hydrogens is 332 g/mol. The zero-order valence-corrected chi connectivity index (χ0v) is 14.8. The smallest absolute Gasteiger partial charge is 0.177 e. The molecule has 3 rings (SSSR count). The van der Waals surface area contributed by atoms with Gasteiger partial charge < -0.3 is 10.5 Å². The fourth-order valence-electron chi connectivity index (χ4n) is 2.94. The number of nitriles is 1. The number of allylic oxidation sites excluding steroid dienone is 1. The molecule has 0 aromatic heterocycles. The van der Waals surface area contributed by atoms with Crippen LogP contribution in [-0.4, -0.2) is 18.1 Å². The van der Waals surface area contributed by atoms with E-state index in [4.69, 9.17) is 10.5 Å². The summed E-state index contributed by atoms with van der Waals surface area (Å²) in [6.07, 6.45) is 0. The van der Waals surface area contributed by atoms with Crippen molar-refractivity contribution in [2.24, 2.45) is 5.73 Å². The van der Waals surface area contributed by atoms with Gasteiger partial charge in [0.05, 0.1) is 29.0 Å². The van der Waals surface area contributed by atoms with Crippen LogP contribution in [-0.2, 0) is 0 Å². The van der Waals surface area contributed by atoms with Crippen molar-refractivity contribution in [3.63, 3.8) is 0 Å². The molecule has 0 radical (unpaired) electrons. The van der Waals surface area contributed by atoms with Crippen molar-refractivity contribution in [1.29, 1.82) is 5.26 Å². The SMILES string of the molecule is COc1ccc([C@@H]2C(C#N)=C(N)S[C@H]2C(=O)c2ccc(C)cc2)cc1. The van der Waals surface area contributed by atoms with Gasteiger partial charge in [0.2, 0.25) is 0 Å². The lowest BCUT2D eigenvalue weighted by atomic mass is 9.86. The van der Waals surface area contributed by atoms with E-state index in [1.54, 1.807) is 7.11 Å². The second-order valence-corrected chi connectivity index (χ2v) is 7.09. The minimum atomic E-state index is -0.439. The lowest BCUT2D eigenvalue weighted by molar-refractivity contribution is 0.0985. The molecule has 2 aromatic rings. The average Bonchev–Trinajstić information content (AvgIpc) is 2.98. The zero-order chi connectivity index (χ0) is 18.0. The molecule has 1 aliphatic rings. The van der Waals surface area contributed by atoms with Gasteiger partial charge in [0.15, 0.2) is 5.78 Å². The van der Waals surface area contributed by atoms with Gasteiger partial charge in [-0.1, -0.05) is 53.7 Å². The first-order chi connectivity index (χ1) is 12.0. The maximum atomic E-state index is 13.0. The highest BCUT2D eigenvalue weighted by Crippen LogP contribution is 2.46. The van der Waals surface area contributed by atoms with E-state index in [9.17, 15) is 10.1 Å². The topological polar surface area (TPSA) is 76.1 Å². The normalized spacial score (nSPS) is 19.6. The Hall–Kier alpha value is -2.71. The van der Waals surface area contributed by atoms with E-state index < -0.39 is 5.25 Å². The van der Waals surface area contributed by atoms with Crippen LogP contribution in [0.1, 0.15) is 27.4 Å². The molecule has 2 N–H and O–H groups in total. The first-order valence-corrected chi connectivity index (χ1v) is 8.74. The van der Waals surface area contributed by atoms with Crippen LogP contribution >= 0.6 is 11.8 Å². The highest BCUT2D eigenvalue weighted by Gasteiger charge is 2.40. The highest BCUT2D eigenvalue weighted by atomic mass is 32.2. The molecule has 0 aliphatic carbocycles. The van der Waals surface area contributed by atoms with Crippen molar-refractivity contribution >= 4 is 17.5 Å². The number of nitrogens with two attached hydrogens (primary N) is 1. The van der Waals surface area contributed by atoms with E-state index in [2.05, 4.69) is 6.07 Å². The summed E-state index contributed by atoms with van der Waals surface area (Å²) >= 11 is 1.27. The maximum absolute atomic E-state index is 13.0. The number of rotatable bonds is 4. The van der Waals surface area contributed by atoms with Crippen LogP contribution in [0.15, 0.2) is 59.1 Å². The van der Waals surface area contributed by atoms with Crippen molar-refractivity contribution in [2.45, 2.75) is 18.1 Å². The average molecular weight is 350 g/mol. The van der Waals surface area contributed by atoms with Crippen molar-refractivity contribution in [3.05, 3.63) is 75.8 Å². The monoisotopic (exact) mass is 350 g/mol. The highest BCUT2D eigenvalue weighted by molar-refractivity contribution is 8.04. The summed E-state index contributed by atoms with van der Waals surface area (Å²) in [6.45, 7) is 1.98. The Bertz CT molecular complexity index is 864. The standard InChI is InChI=1S/C20H18N2O2S/c1-12-3-5-14(6-4-12)18(23)19-17(16(11-21)20(22)25-19)13-7-9-15(24-2)10-8-13/h3-10,17,19H,22H2,1-2H3/t17-,19-/m1/s1. The maximum Gasteiger partial charge on any atom is 0.177 e. The number of Topliss-reactive ketones (excluding diaryl/α,β-unsaturated/α-hetero) is 1. The van der Waals surface area contributed by atoms with Crippen LogP contribution in [0.5, 0.6) is 5.75 Å². The quantitative estimate of drug-likeness (QED) is 0.849. The van der Waals surface area contributed by atoms with Gasteiger partial charge in [0, 0.05) is 11.5 Å². The summed E-state index contributed by atoms with van der Waals surface area (Å²) in [4.78, 5) is 13.0. The van der Waals surface area contributed by atoms with Crippen molar-refractivity contribution in [3.8, 4) is 11.8 Å². The van der Waals surface area contributed by atoms with E-state index in [1.807, 2.05) is 55.5 Å². The Kier molecular flexibility index (Phi) is 4.82. The Labute approximate surface area is 151 Å². The summed E-state index contributed by atoms with van der Waals surface area (Å²) in [5, 5.41) is 9.52. The number of carbonyl (C=O) groups excluding carboxylic acids is 1. The molecule has 2 atom stereocenters. The Morgan fingerprint density at radius 1 is 1.16 bits per heavy atom. The number of thioether (sulfide) groups is 1. The lowest BCUT2D eigenvalue weighted by Gasteiger charge is -2.19. The lowest BCUT2D eigenvalue weighted by Crippen LogP contribution is -2.23. The predicted octanol–water partition coefficient (Wildman–Crippen LogP) is 3.78. The molecule has 2 aromatic carbocycles. The van der Waals surface area contributed by atoms with Crippen LogP contribution in [0.4, 0.5) is 0 Å². The number of carbonyl (C=O) groups is 1. The molecule has 0 amide bonds. The molecule has 0 saturated heterocycles. The van der Waals surface area contributed by atoms with Crippen LogP contribution < -0.4 is 10.5 Å². The van der Waals surface area contributed by atoms with Crippen LogP contribution in [0, 0.1) is 18.3 Å². The van der Waals surface area contributed by atoms with Gasteiger partial charge in [-0.3, -0.25) is 4.79 Å². The van der Waals surface area contributed by atoms with Gasteiger partial charge in [0.25, 0.3) is 0 Å². The van der Waals surface area contributed by atoms with E-state index >= 15 is 0 Å². The summed E-state index contributed by atoms with van der Waals surface area (Å²) in [7, 11) is 1.60. The van der Waals surface area contributed by atoms with Crippen LogP contribution in [0.2, 0.25) is 0 Å². The fraction of sp³-hybridized carbons (Fsp3) is 0.200. The predicted molar refractivity (Wildman–Crippen MR) is 99.4 cm³/mol. The molecule has 126 valence electrons. The largest absolute Gasteiger partial charge is 0.497 e. The molecule has 0 unspecified atom stereocenters. The number of benzene rings is 2. The molecular formula is C20H18N2O2S. The van der Waals surface area contributed by atoms with Crippen LogP contribution in [0.25, 0.3) is 0 Å². The molecule has 5 heteroatoms. The van der Waals surface area contributed by atoms with E-state index in [0.717, 1.165) is 16.9 Å². The van der Waals surface area contributed by atoms with Gasteiger partial charge in [-0.25, -0.2) is 0 Å². The van der Waals surface area contributed by atoms with E-state index in [1.165, 1.54) is 11.8 Å². The van der Waals surface area contributed by atoms with Gasteiger partial charge in [0.1, 0.15) is 5.75 Å². The molecule has 25 heavy (non-hydrogen) atoms. The second kappa shape index (κ2) is 7.04. The molecule has 0 spiro atoms. The van der Waals surface area contributed by atoms with E-state index in [-0.39, 0.29) is 11.7 Å². The number of methoxy groups -OCH3 is 1. The number of nitrogens with zero attached hydrogens (tertiary/aromatic N) is 1. The summed E-state index contributed by atoms with van der Waals surface area (Å²) < 4.78 is 5.19. The van der Waals surface area contributed by atoms with Gasteiger partial charge in [-0.05, 0) is 24.6 Å². The van der Waals surface area contributed by atoms with E-state index in [0.29, 0.717) is 16.2 Å². The number of aryl methyl sites for hydroxylation is 1. The number of hydrogen-bond donors (Lipinski definition) is 1. The number of ketones is 1. The van der Waals surface area contributed by atoms with Gasteiger partial charge >= 0.3 is 0 Å². The van der Waals surface area contributed by atoms with Gasteiger partial charge in [-0.15, -0.1) is 0 Å². The first-order valence-electron chi connectivity index (χ1n) is 7.86. The van der Waals surface area contributed by atoms with Crippen molar-refractivity contribution < 1.29 is 9.53 Å². The molecule has 0 bridgehead atoms. The summed E-state index contributed by atoms with van der Waals surface area (Å²) in [6, 6.07) is 17.1. The van der Waals surface area contributed by atoms with Gasteiger partial charge in [-0.2, -0.15) is 5.26 Å². The first kappa shape index (κ1) is 17.1. The van der Waals surface area contributed by atoms with Crippen LogP contribution in [0.3, 0.4) is 0 Å². The second-order valence-electron chi connectivity index (χ2n) is 5.91. The fourth-order valence-corrected chi connectivity index (χ4v) is 4.18. The third-order valence-electron chi connectivity index (χ3n) is 4.32. The Morgan fingerprint density at radius 3 is 2.36 bits per heavy atom. The third kappa shape index (κ3) is 3.26. The molecule has 1 heterocycles. The molecule has 0 fully saturated rings.